The summed E-state index contributed by atoms with van der Waals surface area (Å²) in [5, 5.41) is 5.91. The Morgan fingerprint density at radius 2 is 2.20 bits per heavy atom. The summed E-state index contributed by atoms with van der Waals surface area (Å²) in [6, 6.07) is 3.89. The molecule has 2 amide bonds. The molecule has 0 bridgehead atoms. The van der Waals surface area contributed by atoms with Crippen LogP contribution in [-0.4, -0.2) is 39.4 Å². The van der Waals surface area contributed by atoms with Crippen LogP contribution >= 0.6 is 11.3 Å². The number of amides is 2. The molecule has 1 saturated heterocycles. The van der Waals surface area contributed by atoms with E-state index < -0.39 is 0 Å². The minimum Gasteiger partial charge on any atom is -0.350 e. The van der Waals surface area contributed by atoms with Crippen molar-refractivity contribution in [1.82, 2.24) is 19.8 Å². The smallest absolute Gasteiger partial charge is 0.267 e. The van der Waals surface area contributed by atoms with Gasteiger partial charge in [-0.15, -0.1) is 11.3 Å². The summed E-state index contributed by atoms with van der Waals surface area (Å²) >= 11 is 1.59. The van der Waals surface area contributed by atoms with Crippen LogP contribution in [0.4, 0.5) is 0 Å². The van der Waals surface area contributed by atoms with Crippen molar-refractivity contribution in [1.29, 1.82) is 0 Å². The van der Waals surface area contributed by atoms with Crippen molar-refractivity contribution in [2.24, 2.45) is 7.05 Å². The number of carbonyl (C=O) groups excluding carboxylic acids is 2. The molecule has 0 aliphatic carbocycles. The van der Waals surface area contributed by atoms with Gasteiger partial charge in [0.2, 0.25) is 5.91 Å². The van der Waals surface area contributed by atoms with E-state index in [0.29, 0.717) is 12.2 Å². The molecule has 3 rings (SSSR count). The van der Waals surface area contributed by atoms with E-state index in [4.69, 9.17) is 0 Å². The molecule has 1 fully saturated rings. The number of rotatable bonds is 5. The van der Waals surface area contributed by atoms with Gasteiger partial charge in [-0.05, 0) is 31.4 Å². The van der Waals surface area contributed by atoms with Crippen LogP contribution in [0.15, 0.2) is 23.7 Å². The van der Waals surface area contributed by atoms with Gasteiger partial charge in [0.25, 0.3) is 5.91 Å². The lowest BCUT2D eigenvalue weighted by atomic mass is 9.99. The average molecular weight is 360 g/mol. The highest BCUT2D eigenvalue weighted by atomic mass is 32.1. The third-order valence-corrected chi connectivity index (χ3v) is 5.59. The number of aromatic nitrogens is 2. The van der Waals surface area contributed by atoms with E-state index in [1.165, 1.54) is 0 Å². The Bertz CT molecular complexity index is 738. The van der Waals surface area contributed by atoms with Crippen molar-refractivity contribution in [3.8, 4) is 0 Å². The molecule has 134 valence electrons. The molecule has 1 N–H and O–H groups in total. The van der Waals surface area contributed by atoms with Gasteiger partial charge in [0.05, 0.1) is 11.0 Å². The highest BCUT2D eigenvalue weighted by Crippen LogP contribution is 2.31. The zero-order chi connectivity index (χ0) is 17.8. The maximum atomic E-state index is 12.5. The lowest BCUT2D eigenvalue weighted by molar-refractivity contribution is -0.132. The zero-order valence-corrected chi connectivity index (χ0v) is 15.5. The molecule has 3 heterocycles. The number of thiazole rings is 1. The molecule has 0 radical (unpaired) electrons. The molecule has 6 nitrogen and oxygen atoms in total. The standard InChI is InChI=1S/C18H24N4O2S/c1-13(23)22-11-4-3-5-15(22)14-6-7-16(21(14)2)18(24)20-9-8-17-19-10-12-25-17/h6-7,10,12,15H,3-5,8-9,11H2,1-2H3,(H,20,24)/t15-/m0/s1. The Kier molecular flexibility index (Phi) is 5.53. The largest absolute Gasteiger partial charge is 0.350 e. The molecule has 0 saturated carbocycles. The second-order valence-electron chi connectivity index (χ2n) is 6.36. The fraction of sp³-hybridized carbons (Fsp3) is 0.500. The lowest BCUT2D eigenvalue weighted by Crippen LogP contribution is -2.38. The highest BCUT2D eigenvalue weighted by molar-refractivity contribution is 7.09. The molecular formula is C18H24N4O2S. The van der Waals surface area contributed by atoms with Gasteiger partial charge in [0.1, 0.15) is 5.69 Å². The van der Waals surface area contributed by atoms with Crippen molar-refractivity contribution < 1.29 is 9.59 Å². The number of hydrogen-bond donors (Lipinski definition) is 1. The maximum Gasteiger partial charge on any atom is 0.267 e. The molecule has 1 aliphatic rings. The lowest BCUT2D eigenvalue weighted by Gasteiger charge is -2.35. The molecule has 1 aliphatic heterocycles. The van der Waals surface area contributed by atoms with Crippen LogP contribution in [0.5, 0.6) is 0 Å². The van der Waals surface area contributed by atoms with Crippen molar-refractivity contribution in [2.45, 2.75) is 38.6 Å². The van der Waals surface area contributed by atoms with Gasteiger partial charge >= 0.3 is 0 Å². The van der Waals surface area contributed by atoms with E-state index in [0.717, 1.165) is 42.9 Å². The second-order valence-corrected chi connectivity index (χ2v) is 7.34. The molecular weight excluding hydrogens is 336 g/mol. The minimum absolute atomic E-state index is 0.0631. The number of nitrogens with one attached hydrogen (secondary N) is 1. The van der Waals surface area contributed by atoms with Crippen LogP contribution in [0.1, 0.15) is 53.4 Å². The number of piperidine rings is 1. The van der Waals surface area contributed by atoms with Gasteiger partial charge in [-0.1, -0.05) is 0 Å². The Morgan fingerprint density at radius 3 is 2.92 bits per heavy atom. The van der Waals surface area contributed by atoms with Crippen molar-refractivity contribution in [2.75, 3.05) is 13.1 Å². The number of likely N-dealkylation sites (tertiary alicyclic amines) is 1. The van der Waals surface area contributed by atoms with Gasteiger partial charge in [-0.3, -0.25) is 9.59 Å². The molecule has 0 aromatic carbocycles. The first-order valence-electron chi connectivity index (χ1n) is 8.67. The molecule has 25 heavy (non-hydrogen) atoms. The fourth-order valence-electron chi connectivity index (χ4n) is 3.46. The Morgan fingerprint density at radius 1 is 1.36 bits per heavy atom. The monoisotopic (exact) mass is 360 g/mol. The molecule has 0 spiro atoms. The predicted molar refractivity (Wildman–Crippen MR) is 97.5 cm³/mol. The first kappa shape index (κ1) is 17.7. The highest BCUT2D eigenvalue weighted by Gasteiger charge is 2.28. The summed E-state index contributed by atoms with van der Waals surface area (Å²) in [6.07, 6.45) is 5.61. The van der Waals surface area contributed by atoms with Gasteiger partial charge < -0.3 is 14.8 Å². The molecule has 2 aromatic heterocycles. The number of hydrogen-bond acceptors (Lipinski definition) is 4. The minimum atomic E-state index is -0.0875. The van der Waals surface area contributed by atoms with Crippen LogP contribution in [0, 0.1) is 0 Å². The molecule has 0 unspecified atom stereocenters. The summed E-state index contributed by atoms with van der Waals surface area (Å²) in [7, 11) is 1.90. The summed E-state index contributed by atoms with van der Waals surface area (Å²) < 4.78 is 1.92. The summed E-state index contributed by atoms with van der Waals surface area (Å²) in [5.41, 5.74) is 1.66. The van der Waals surface area contributed by atoms with Crippen LogP contribution in [0.2, 0.25) is 0 Å². The first-order valence-corrected chi connectivity index (χ1v) is 9.55. The van der Waals surface area contributed by atoms with Gasteiger partial charge in [-0.25, -0.2) is 4.98 Å². The molecule has 2 aromatic rings. The topological polar surface area (TPSA) is 67.2 Å². The maximum absolute atomic E-state index is 12.5. The average Bonchev–Trinajstić information content (AvgIpc) is 3.24. The van der Waals surface area contributed by atoms with E-state index >= 15 is 0 Å². The van der Waals surface area contributed by atoms with Crippen molar-refractivity contribution in [3.05, 3.63) is 40.1 Å². The van der Waals surface area contributed by atoms with E-state index in [1.54, 1.807) is 24.5 Å². The normalized spacial score (nSPS) is 17.5. The molecule has 7 heteroatoms. The molecule has 1 atom stereocenters. The van der Waals surface area contributed by atoms with Crippen LogP contribution < -0.4 is 5.32 Å². The predicted octanol–water partition coefficient (Wildman–Crippen LogP) is 2.53. The summed E-state index contributed by atoms with van der Waals surface area (Å²) in [5.74, 6) is 0.0100. The van der Waals surface area contributed by atoms with E-state index in [1.807, 2.05) is 34.0 Å². The van der Waals surface area contributed by atoms with Crippen molar-refractivity contribution >= 4 is 23.2 Å². The third-order valence-electron chi connectivity index (χ3n) is 4.75. The van der Waals surface area contributed by atoms with Gasteiger partial charge in [-0.2, -0.15) is 0 Å². The van der Waals surface area contributed by atoms with E-state index in [-0.39, 0.29) is 17.9 Å². The Balaban J connectivity index is 1.67. The van der Waals surface area contributed by atoms with Gasteiger partial charge in [0.15, 0.2) is 0 Å². The SMILES string of the molecule is CC(=O)N1CCCC[C@H]1c1ccc(C(=O)NCCc2nccs2)n1C. The van der Waals surface area contributed by atoms with Crippen molar-refractivity contribution in [3.63, 3.8) is 0 Å². The van der Waals surface area contributed by atoms with Crippen LogP contribution in [0.25, 0.3) is 0 Å². The first-order chi connectivity index (χ1) is 12.1. The zero-order valence-electron chi connectivity index (χ0n) is 14.7. The summed E-state index contributed by atoms with van der Waals surface area (Å²) in [6.45, 7) is 2.98. The summed E-state index contributed by atoms with van der Waals surface area (Å²) in [4.78, 5) is 30.5. The number of carbonyl (C=O) groups is 2. The second kappa shape index (κ2) is 7.82. The Hall–Kier alpha value is -2.15. The van der Waals surface area contributed by atoms with Gasteiger partial charge in [0, 0.05) is 50.8 Å². The van der Waals surface area contributed by atoms with E-state index in [9.17, 15) is 9.59 Å². The Labute approximate surface area is 151 Å². The van der Waals surface area contributed by atoms with E-state index in [2.05, 4.69) is 10.3 Å². The van der Waals surface area contributed by atoms with Crippen LogP contribution in [0.3, 0.4) is 0 Å². The van der Waals surface area contributed by atoms with Crippen LogP contribution in [-0.2, 0) is 18.3 Å². The quantitative estimate of drug-likeness (QED) is 0.891. The number of nitrogens with zero attached hydrogens (tertiary/aromatic N) is 3. The third kappa shape index (κ3) is 3.92. The fourth-order valence-corrected chi connectivity index (χ4v) is 4.08.